The normalized spacial score (nSPS) is 18.8. The van der Waals surface area contributed by atoms with E-state index < -0.39 is 23.3 Å². The van der Waals surface area contributed by atoms with Gasteiger partial charge in [0.25, 0.3) is 5.91 Å². The van der Waals surface area contributed by atoms with E-state index in [4.69, 9.17) is 0 Å². The third kappa shape index (κ3) is 2.48. The van der Waals surface area contributed by atoms with Gasteiger partial charge in [-0.3, -0.25) is 9.69 Å². The second kappa shape index (κ2) is 5.57. The van der Waals surface area contributed by atoms with Crippen LogP contribution in [0.15, 0.2) is 23.4 Å². The number of amides is 1. The van der Waals surface area contributed by atoms with E-state index in [2.05, 4.69) is 10.1 Å². The summed E-state index contributed by atoms with van der Waals surface area (Å²) in [5.41, 5.74) is -0.457. The van der Waals surface area contributed by atoms with E-state index in [1.807, 2.05) is 0 Å². The average molecular weight is 246 g/mol. The number of esters is 1. The van der Waals surface area contributed by atoms with Crippen LogP contribution in [0, 0.1) is 0 Å². The van der Waals surface area contributed by atoms with Gasteiger partial charge in [0.2, 0.25) is 0 Å². The van der Waals surface area contributed by atoms with Gasteiger partial charge in [-0.1, -0.05) is 0 Å². The van der Waals surface area contributed by atoms with Gasteiger partial charge in [0, 0.05) is 6.54 Å². The number of nitrogens with zero attached hydrogens (tertiary/aromatic N) is 1. The summed E-state index contributed by atoms with van der Waals surface area (Å²) in [7, 11) is 1.14. The molecule has 2 heterocycles. The Kier molecular flexibility index (Phi) is 4.62. The summed E-state index contributed by atoms with van der Waals surface area (Å²) < 4.78 is 4.41. The Morgan fingerprint density at radius 1 is 1.59 bits per heavy atom. The molecule has 0 bridgehead atoms. The Hall–Kier alpha value is -0.980. The van der Waals surface area contributed by atoms with Crippen molar-refractivity contribution in [1.82, 2.24) is 10.2 Å². The average Bonchev–Trinajstić information content (AvgIpc) is 2.28. The zero-order chi connectivity index (χ0) is 11.7. The van der Waals surface area contributed by atoms with Crippen molar-refractivity contribution in [3.8, 4) is 0 Å². The van der Waals surface area contributed by atoms with Crippen molar-refractivity contribution in [1.29, 1.82) is 0 Å². The summed E-state index contributed by atoms with van der Waals surface area (Å²) in [6, 6.07) is 0. The molecule has 0 aromatic carbocycles. The van der Waals surface area contributed by atoms with Crippen LogP contribution < -0.4 is 40.0 Å². The van der Waals surface area contributed by atoms with E-state index in [-0.39, 0.29) is 29.6 Å². The van der Waals surface area contributed by atoms with E-state index in [9.17, 15) is 14.7 Å². The van der Waals surface area contributed by atoms with Gasteiger partial charge in [-0.15, -0.1) is 0 Å². The molecule has 0 radical (unpaired) electrons. The fourth-order valence-electron chi connectivity index (χ4n) is 1.74. The molecule has 2 rings (SSSR count). The van der Waals surface area contributed by atoms with E-state index >= 15 is 0 Å². The molecule has 1 amide bonds. The van der Waals surface area contributed by atoms with Crippen LogP contribution in [0.25, 0.3) is 0 Å². The maximum absolute atomic E-state index is 11.9. The van der Waals surface area contributed by atoms with Crippen LogP contribution >= 0.6 is 0 Å². The van der Waals surface area contributed by atoms with Gasteiger partial charge in [-0.25, -0.2) is 4.79 Å². The van der Waals surface area contributed by atoms with Crippen molar-refractivity contribution in [2.75, 3.05) is 13.7 Å². The minimum Gasteiger partial charge on any atom is -0.859 e. The predicted molar refractivity (Wildman–Crippen MR) is 51.2 cm³/mol. The smallest absolute Gasteiger partial charge is 0.859 e. The molecule has 0 saturated heterocycles. The summed E-state index contributed by atoms with van der Waals surface area (Å²) in [5.74, 6) is -1.70. The largest absolute Gasteiger partial charge is 1.00 e. The minimum absolute atomic E-state index is 0. The number of hydrogen-bond donors (Lipinski definition) is 1. The Bertz CT molecular complexity index is 417. The van der Waals surface area contributed by atoms with Gasteiger partial charge in [0.05, 0.1) is 7.11 Å². The van der Waals surface area contributed by atoms with Crippen LogP contribution in [0.1, 0.15) is 12.8 Å². The van der Waals surface area contributed by atoms with Crippen LogP contribution in [0.4, 0.5) is 0 Å². The van der Waals surface area contributed by atoms with Crippen LogP contribution in [0.5, 0.6) is 0 Å². The molecule has 1 N–H and O–H groups in total. The first-order valence-electron chi connectivity index (χ1n) is 4.94. The first-order valence-corrected chi connectivity index (χ1v) is 4.94. The zero-order valence-electron chi connectivity index (χ0n) is 9.78. The van der Waals surface area contributed by atoms with E-state index in [1.165, 1.54) is 4.90 Å². The van der Waals surface area contributed by atoms with Crippen LogP contribution in [-0.2, 0) is 14.3 Å². The van der Waals surface area contributed by atoms with Crippen molar-refractivity contribution in [3.05, 3.63) is 23.4 Å². The fourth-order valence-corrected chi connectivity index (χ4v) is 1.74. The molecule has 17 heavy (non-hydrogen) atoms. The Balaban J connectivity index is 0.00000144. The van der Waals surface area contributed by atoms with E-state index in [0.717, 1.165) is 20.0 Å². The molecule has 0 spiro atoms. The van der Waals surface area contributed by atoms with Crippen LogP contribution in [0.2, 0.25) is 0 Å². The van der Waals surface area contributed by atoms with Gasteiger partial charge >= 0.3 is 35.5 Å². The number of fused-ring (bicyclic) bond motifs is 1. The first kappa shape index (κ1) is 14.1. The molecule has 0 aromatic rings. The van der Waals surface area contributed by atoms with E-state index in [0.29, 0.717) is 12.4 Å². The van der Waals surface area contributed by atoms with Gasteiger partial charge < -0.3 is 15.2 Å². The minimum atomic E-state index is -0.896. The van der Waals surface area contributed by atoms with Crippen molar-refractivity contribution in [2.45, 2.75) is 12.8 Å². The fraction of sp³-hybridized carbons (Fsp3) is 0.400. The standard InChI is InChI=1S/C10H12N2O4.Na/c1-16-10(15)7-8(13)11-6-4-2-3-5-12(6)9(7)14;/h4,11,13H,2-3,5H2,1H3;/q;+1/p-1. The van der Waals surface area contributed by atoms with Crippen molar-refractivity contribution in [2.24, 2.45) is 0 Å². The molecule has 0 atom stereocenters. The number of carbonyl (C=O) groups is 2. The molecule has 0 saturated carbocycles. The molecule has 0 fully saturated rings. The first-order chi connectivity index (χ1) is 7.65. The molecule has 2 aliphatic rings. The number of carbonyl (C=O) groups excluding carboxylic acids is 2. The van der Waals surface area contributed by atoms with Crippen molar-refractivity contribution < 1.29 is 49.0 Å². The molecular weight excluding hydrogens is 235 g/mol. The number of methoxy groups -OCH3 is 1. The van der Waals surface area contributed by atoms with Gasteiger partial charge in [0.1, 0.15) is 11.4 Å². The second-order valence-corrected chi connectivity index (χ2v) is 3.51. The Morgan fingerprint density at radius 2 is 2.29 bits per heavy atom. The van der Waals surface area contributed by atoms with Crippen LogP contribution in [0.3, 0.4) is 0 Å². The van der Waals surface area contributed by atoms with Crippen molar-refractivity contribution in [3.63, 3.8) is 0 Å². The maximum atomic E-state index is 11.9. The quantitative estimate of drug-likeness (QED) is 0.288. The zero-order valence-corrected chi connectivity index (χ0v) is 11.8. The Morgan fingerprint density at radius 3 is 2.94 bits per heavy atom. The second-order valence-electron chi connectivity index (χ2n) is 3.51. The molecule has 7 heteroatoms. The molecule has 6 nitrogen and oxygen atoms in total. The third-order valence-corrected chi connectivity index (χ3v) is 2.53. The SMILES string of the molecule is COC(=O)C1=C([O-])NC2=CCCCN2C1=O.[Na+]. The number of nitrogens with one attached hydrogen (secondary N) is 1. The molecule has 86 valence electrons. The summed E-state index contributed by atoms with van der Waals surface area (Å²) in [6.07, 6.45) is 3.40. The van der Waals surface area contributed by atoms with Crippen molar-refractivity contribution >= 4 is 11.9 Å². The number of hydrogen-bond acceptors (Lipinski definition) is 5. The van der Waals surface area contributed by atoms with E-state index in [1.54, 1.807) is 6.08 Å². The number of allylic oxidation sites excluding steroid dienone is 1. The van der Waals surface area contributed by atoms with Gasteiger partial charge in [-0.05, 0) is 24.8 Å². The summed E-state index contributed by atoms with van der Waals surface area (Å²) in [4.78, 5) is 24.5. The van der Waals surface area contributed by atoms with Gasteiger partial charge in [-0.2, -0.15) is 0 Å². The monoisotopic (exact) mass is 246 g/mol. The number of ether oxygens (including phenoxy) is 1. The number of rotatable bonds is 1. The van der Waals surface area contributed by atoms with Crippen LogP contribution in [-0.4, -0.2) is 30.4 Å². The molecule has 2 aliphatic heterocycles. The summed E-state index contributed by atoms with van der Waals surface area (Å²) in [5, 5.41) is 14.0. The van der Waals surface area contributed by atoms with Gasteiger partial charge in [0.15, 0.2) is 0 Å². The summed E-state index contributed by atoms with van der Waals surface area (Å²) in [6.45, 7) is 0.505. The molecule has 0 aliphatic carbocycles. The predicted octanol–water partition coefficient (Wildman–Crippen LogP) is -4.20. The summed E-state index contributed by atoms with van der Waals surface area (Å²) >= 11 is 0. The maximum Gasteiger partial charge on any atom is 1.00 e. The topological polar surface area (TPSA) is 81.7 Å². The Labute approximate surface area is 121 Å². The molecule has 0 aromatic heterocycles. The molecular formula is C10H11N2NaO4. The molecule has 0 unspecified atom stereocenters. The third-order valence-electron chi connectivity index (χ3n) is 2.53.